The van der Waals surface area contributed by atoms with Gasteiger partial charge in [-0.1, -0.05) is 6.07 Å². The van der Waals surface area contributed by atoms with Gasteiger partial charge in [-0.05, 0) is 70.7 Å². The zero-order valence-electron chi connectivity index (χ0n) is 16.3. The van der Waals surface area contributed by atoms with Gasteiger partial charge < -0.3 is 14.8 Å². The molecule has 0 fully saturated rings. The predicted octanol–water partition coefficient (Wildman–Crippen LogP) is 4.29. The molecule has 26 heavy (non-hydrogen) atoms. The molecular weight excluding hydrogens is 350 g/mol. The maximum atomic E-state index is 12.2. The van der Waals surface area contributed by atoms with E-state index in [1.165, 1.54) is 11.3 Å². The average molecular weight is 378 g/mol. The Kier molecular flexibility index (Phi) is 6.09. The molecule has 0 amide bonds. The van der Waals surface area contributed by atoms with E-state index in [2.05, 4.69) is 5.32 Å². The van der Waals surface area contributed by atoms with Crippen LogP contribution < -0.4 is 5.32 Å². The highest BCUT2D eigenvalue weighted by Crippen LogP contribution is 2.28. The third-order valence-electron chi connectivity index (χ3n) is 3.20. The fraction of sp³-hybridized carbons (Fsp3) is 0.500. The Morgan fingerprint density at radius 3 is 2.27 bits per heavy atom. The number of hydrogen-bond donors (Lipinski definition) is 1. The number of rotatable bonds is 5. The van der Waals surface area contributed by atoms with Crippen LogP contribution in [0.2, 0.25) is 0 Å². The van der Waals surface area contributed by atoms with Crippen LogP contribution in [0.15, 0.2) is 24.3 Å². The Morgan fingerprint density at radius 1 is 1.00 bits per heavy atom. The van der Waals surface area contributed by atoms with E-state index in [4.69, 9.17) is 9.47 Å². The second-order valence-electron chi connectivity index (χ2n) is 8.17. The van der Waals surface area contributed by atoms with Crippen LogP contribution in [-0.4, -0.2) is 29.7 Å². The van der Waals surface area contributed by atoms with Crippen molar-refractivity contribution in [2.24, 2.45) is 0 Å². The molecule has 2 rings (SSSR count). The van der Waals surface area contributed by atoms with E-state index in [0.29, 0.717) is 11.4 Å². The van der Waals surface area contributed by atoms with Gasteiger partial charge in [0.05, 0.1) is 6.54 Å². The fourth-order valence-corrected chi connectivity index (χ4v) is 3.24. The molecule has 6 heteroatoms. The molecular formula is C20H27NO4S. The molecule has 0 saturated carbocycles. The van der Waals surface area contributed by atoms with Crippen LogP contribution >= 0.6 is 11.3 Å². The smallest absolute Gasteiger partial charge is 0.348 e. The predicted molar refractivity (Wildman–Crippen MR) is 105 cm³/mol. The molecule has 0 radical (unpaired) electrons. The van der Waals surface area contributed by atoms with Crippen molar-refractivity contribution in [1.29, 1.82) is 0 Å². The number of thiophene rings is 1. The van der Waals surface area contributed by atoms with Gasteiger partial charge in [-0.15, -0.1) is 11.3 Å². The van der Waals surface area contributed by atoms with Crippen molar-refractivity contribution >= 4 is 33.4 Å². The number of fused-ring (bicyclic) bond motifs is 1. The van der Waals surface area contributed by atoms with Gasteiger partial charge in [0.1, 0.15) is 16.1 Å². The van der Waals surface area contributed by atoms with Crippen molar-refractivity contribution in [2.75, 3.05) is 6.54 Å². The number of nitrogens with one attached hydrogen (secondary N) is 1. The average Bonchev–Trinajstić information content (AvgIpc) is 2.86. The molecule has 5 nitrogen and oxygen atoms in total. The molecule has 1 N–H and O–H groups in total. The third kappa shape index (κ3) is 6.42. The van der Waals surface area contributed by atoms with Crippen LogP contribution in [0.4, 0.5) is 0 Å². The largest absolute Gasteiger partial charge is 0.459 e. The summed E-state index contributed by atoms with van der Waals surface area (Å²) in [6, 6.07) is 7.84. The van der Waals surface area contributed by atoms with Crippen molar-refractivity contribution in [3.63, 3.8) is 0 Å². The van der Waals surface area contributed by atoms with Crippen molar-refractivity contribution in [3.8, 4) is 0 Å². The summed E-state index contributed by atoms with van der Waals surface area (Å²) in [5.41, 5.74) is 0.0470. The van der Waals surface area contributed by atoms with Crippen molar-refractivity contribution < 1.29 is 19.1 Å². The molecule has 0 aliphatic carbocycles. The molecule has 2 aromatic rings. The van der Waals surface area contributed by atoms with Gasteiger partial charge in [0, 0.05) is 11.2 Å². The SMILES string of the molecule is CC(C)(C)OC(=O)CNCc1ccc2sc(C(=O)OC(C)(C)C)cc2c1. The highest BCUT2D eigenvalue weighted by Gasteiger charge is 2.20. The summed E-state index contributed by atoms with van der Waals surface area (Å²) in [5, 5.41) is 4.08. The van der Waals surface area contributed by atoms with Crippen LogP contribution in [0.1, 0.15) is 56.8 Å². The maximum Gasteiger partial charge on any atom is 0.348 e. The third-order valence-corrected chi connectivity index (χ3v) is 4.30. The van der Waals surface area contributed by atoms with Crippen LogP contribution in [0, 0.1) is 0 Å². The summed E-state index contributed by atoms with van der Waals surface area (Å²) in [5.74, 6) is -0.579. The van der Waals surface area contributed by atoms with Gasteiger partial charge in [-0.2, -0.15) is 0 Å². The van der Waals surface area contributed by atoms with Gasteiger partial charge in [-0.25, -0.2) is 4.79 Å². The Bertz CT molecular complexity index is 796. The number of carbonyl (C=O) groups is 2. The molecule has 0 aliphatic rings. The minimum Gasteiger partial charge on any atom is -0.459 e. The van der Waals surface area contributed by atoms with Crippen molar-refractivity contribution in [2.45, 2.75) is 59.3 Å². The van der Waals surface area contributed by atoms with Crippen molar-refractivity contribution in [1.82, 2.24) is 5.32 Å². The van der Waals surface area contributed by atoms with Crippen molar-refractivity contribution in [3.05, 3.63) is 34.7 Å². The van der Waals surface area contributed by atoms with E-state index in [1.807, 2.05) is 65.8 Å². The Labute approximate surface area is 158 Å². The van der Waals surface area contributed by atoms with Gasteiger partial charge >= 0.3 is 11.9 Å². The number of carbonyl (C=O) groups excluding carboxylic acids is 2. The standard InChI is InChI=1S/C20H27NO4S/c1-19(2,3)24-17(22)12-21-11-13-7-8-15-14(9-13)10-16(26-15)18(23)25-20(4,5)6/h7-10,21H,11-12H2,1-6H3. The van der Waals surface area contributed by atoms with Crippen LogP contribution in [0.3, 0.4) is 0 Å². The summed E-state index contributed by atoms with van der Waals surface area (Å²) in [4.78, 5) is 24.5. The van der Waals surface area contributed by atoms with Crippen LogP contribution in [0.25, 0.3) is 10.1 Å². The molecule has 1 aromatic heterocycles. The summed E-state index contributed by atoms with van der Waals surface area (Å²) < 4.78 is 11.7. The molecule has 0 bridgehead atoms. The second kappa shape index (κ2) is 7.76. The summed E-state index contributed by atoms with van der Waals surface area (Å²) in [7, 11) is 0. The first-order valence-electron chi connectivity index (χ1n) is 8.61. The first kappa shape index (κ1) is 20.4. The lowest BCUT2D eigenvalue weighted by atomic mass is 10.1. The fourth-order valence-electron chi connectivity index (χ4n) is 2.32. The lowest BCUT2D eigenvalue weighted by Gasteiger charge is -2.19. The normalized spacial score (nSPS) is 12.2. The van der Waals surface area contributed by atoms with Gasteiger partial charge in [0.2, 0.25) is 0 Å². The Balaban J connectivity index is 1.98. The second-order valence-corrected chi connectivity index (χ2v) is 9.26. The number of ether oxygens (including phenoxy) is 2. The minimum absolute atomic E-state index is 0.155. The number of hydrogen-bond acceptors (Lipinski definition) is 6. The molecule has 0 spiro atoms. The summed E-state index contributed by atoms with van der Waals surface area (Å²) in [6.45, 7) is 11.8. The quantitative estimate of drug-likeness (QED) is 0.788. The van der Waals surface area contributed by atoms with E-state index in [-0.39, 0.29) is 18.5 Å². The van der Waals surface area contributed by atoms with E-state index in [9.17, 15) is 9.59 Å². The maximum absolute atomic E-state index is 12.2. The van der Waals surface area contributed by atoms with E-state index >= 15 is 0 Å². The zero-order chi connectivity index (χ0) is 19.5. The Morgan fingerprint density at radius 2 is 1.65 bits per heavy atom. The minimum atomic E-state index is -0.510. The monoisotopic (exact) mass is 377 g/mol. The highest BCUT2D eigenvalue weighted by atomic mass is 32.1. The molecule has 1 heterocycles. The number of esters is 2. The Hall–Kier alpha value is -1.92. The first-order chi connectivity index (χ1) is 11.9. The molecule has 0 atom stereocenters. The van der Waals surface area contributed by atoms with Gasteiger partial charge in [0.25, 0.3) is 0 Å². The molecule has 0 aliphatic heterocycles. The van der Waals surface area contributed by atoms with Crippen LogP contribution in [0.5, 0.6) is 0 Å². The number of benzene rings is 1. The van der Waals surface area contributed by atoms with Crippen LogP contribution in [-0.2, 0) is 20.8 Å². The van der Waals surface area contributed by atoms with E-state index in [1.54, 1.807) is 0 Å². The lowest BCUT2D eigenvalue weighted by molar-refractivity contribution is -0.153. The molecule has 142 valence electrons. The molecule has 0 saturated heterocycles. The zero-order valence-corrected chi connectivity index (χ0v) is 17.1. The van der Waals surface area contributed by atoms with Gasteiger partial charge in [-0.3, -0.25) is 4.79 Å². The molecule has 0 unspecified atom stereocenters. The first-order valence-corrected chi connectivity index (χ1v) is 9.43. The highest BCUT2D eigenvalue weighted by molar-refractivity contribution is 7.20. The molecule has 1 aromatic carbocycles. The van der Waals surface area contributed by atoms with E-state index in [0.717, 1.165) is 15.6 Å². The topological polar surface area (TPSA) is 64.6 Å². The summed E-state index contributed by atoms with van der Waals surface area (Å²) in [6.07, 6.45) is 0. The summed E-state index contributed by atoms with van der Waals surface area (Å²) >= 11 is 1.42. The van der Waals surface area contributed by atoms with E-state index < -0.39 is 11.2 Å². The lowest BCUT2D eigenvalue weighted by Crippen LogP contribution is -2.31. The van der Waals surface area contributed by atoms with Gasteiger partial charge in [0.15, 0.2) is 0 Å².